The van der Waals surface area contributed by atoms with Crippen LogP contribution in [0.5, 0.6) is 0 Å². The van der Waals surface area contributed by atoms with E-state index in [0.29, 0.717) is 0 Å². The summed E-state index contributed by atoms with van der Waals surface area (Å²) < 4.78 is 2.11. The Bertz CT molecular complexity index is 647. The van der Waals surface area contributed by atoms with E-state index in [0.717, 1.165) is 29.0 Å². The molecule has 16 heavy (non-hydrogen) atoms. The average molecular weight is 214 g/mol. The molecule has 3 rings (SSSR count). The van der Waals surface area contributed by atoms with Crippen LogP contribution in [0.15, 0.2) is 24.4 Å². The maximum Gasteiger partial charge on any atom is 0.212 e. The molecule has 0 fully saturated rings. The van der Waals surface area contributed by atoms with E-state index < -0.39 is 0 Å². The molecule has 0 aliphatic heterocycles. The molecular weight excluding hydrogens is 200 g/mol. The molecular formula is C12H14N4. The van der Waals surface area contributed by atoms with Gasteiger partial charge in [0.05, 0.1) is 11.0 Å². The number of benzene rings is 1. The molecule has 2 aromatic heterocycles. The number of hydrogen-bond donors (Lipinski definition) is 2. The fourth-order valence-corrected chi connectivity index (χ4v) is 2.03. The maximum absolute atomic E-state index is 4.54. The van der Waals surface area contributed by atoms with Gasteiger partial charge in [0.15, 0.2) is 0 Å². The summed E-state index contributed by atoms with van der Waals surface area (Å²) in [6.07, 6.45) is 2.10. The second kappa shape index (κ2) is 3.35. The van der Waals surface area contributed by atoms with E-state index in [1.807, 2.05) is 7.05 Å². The van der Waals surface area contributed by atoms with Crippen LogP contribution in [0.2, 0.25) is 0 Å². The van der Waals surface area contributed by atoms with Gasteiger partial charge >= 0.3 is 0 Å². The molecule has 0 spiro atoms. The molecule has 3 aromatic rings. The van der Waals surface area contributed by atoms with Gasteiger partial charge in [0.1, 0.15) is 0 Å². The average Bonchev–Trinajstić information content (AvgIpc) is 2.76. The summed E-state index contributed by atoms with van der Waals surface area (Å²) in [6.45, 7) is 2.93. The van der Waals surface area contributed by atoms with E-state index in [9.17, 15) is 0 Å². The van der Waals surface area contributed by atoms with Gasteiger partial charge < -0.3 is 10.3 Å². The molecule has 0 amide bonds. The van der Waals surface area contributed by atoms with Gasteiger partial charge in [0.2, 0.25) is 5.78 Å². The van der Waals surface area contributed by atoms with Crippen molar-refractivity contribution in [2.45, 2.75) is 13.5 Å². The number of nitrogens with one attached hydrogen (secondary N) is 2. The molecule has 2 heterocycles. The van der Waals surface area contributed by atoms with Gasteiger partial charge in [-0.25, -0.2) is 4.98 Å². The Morgan fingerprint density at radius 3 is 3.12 bits per heavy atom. The molecule has 4 heteroatoms. The Morgan fingerprint density at radius 1 is 1.44 bits per heavy atom. The summed E-state index contributed by atoms with van der Waals surface area (Å²) in [4.78, 5) is 7.83. The summed E-state index contributed by atoms with van der Waals surface area (Å²) >= 11 is 0. The Balaban J connectivity index is 2.28. The summed E-state index contributed by atoms with van der Waals surface area (Å²) in [5.74, 6) is 0.908. The lowest BCUT2D eigenvalue weighted by Gasteiger charge is -1.94. The third-order valence-electron chi connectivity index (χ3n) is 2.77. The van der Waals surface area contributed by atoms with Crippen LogP contribution < -0.4 is 5.32 Å². The number of hydrogen-bond acceptors (Lipinski definition) is 2. The zero-order chi connectivity index (χ0) is 11.1. The normalized spacial score (nSPS) is 11.6. The fraction of sp³-hybridized carbons (Fsp3) is 0.250. The molecule has 0 radical (unpaired) electrons. The minimum absolute atomic E-state index is 0.830. The van der Waals surface area contributed by atoms with Crippen LogP contribution in [0.1, 0.15) is 11.3 Å². The Kier molecular flexibility index (Phi) is 1.97. The minimum atomic E-state index is 0.830. The van der Waals surface area contributed by atoms with E-state index in [4.69, 9.17) is 0 Å². The number of rotatable bonds is 2. The van der Waals surface area contributed by atoms with Crippen molar-refractivity contribution in [3.05, 3.63) is 35.7 Å². The maximum atomic E-state index is 4.54. The number of fused-ring (bicyclic) bond motifs is 3. The van der Waals surface area contributed by atoms with E-state index in [1.165, 1.54) is 5.56 Å². The van der Waals surface area contributed by atoms with Crippen LogP contribution in [0, 0.1) is 6.92 Å². The first kappa shape index (κ1) is 9.42. The van der Waals surface area contributed by atoms with Crippen LogP contribution >= 0.6 is 0 Å². The lowest BCUT2D eigenvalue weighted by atomic mass is 10.2. The third kappa shape index (κ3) is 1.31. The molecule has 1 aromatic carbocycles. The SMILES string of the molecule is CNCc1cn2c(nc3ccc(C)cc32)[nH]1. The Labute approximate surface area is 93.3 Å². The van der Waals surface area contributed by atoms with Gasteiger partial charge in [-0.3, -0.25) is 4.40 Å². The minimum Gasteiger partial charge on any atom is -0.326 e. The lowest BCUT2D eigenvalue weighted by Crippen LogP contribution is -2.04. The summed E-state index contributed by atoms with van der Waals surface area (Å²) in [5.41, 5.74) is 4.60. The highest BCUT2D eigenvalue weighted by Gasteiger charge is 2.07. The summed E-state index contributed by atoms with van der Waals surface area (Å²) in [7, 11) is 1.94. The van der Waals surface area contributed by atoms with Crippen LogP contribution in [0.25, 0.3) is 16.8 Å². The van der Waals surface area contributed by atoms with Crippen LogP contribution in [-0.2, 0) is 6.54 Å². The first-order valence-electron chi connectivity index (χ1n) is 5.39. The predicted molar refractivity (Wildman–Crippen MR) is 64.5 cm³/mol. The Hall–Kier alpha value is -1.81. The monoisotopic (exact) mass is 214 g/mol. The van der Waals surface area contributed by atoms with Gasteiger partial charge in [-0.05, 0) is 31.7 Å². The first-order valence-corrected chi connectivity index (χ1v) is 5.39. The van der Waals surface area contributed by atoms with Gasteiger partial charge in [-0.1, -0.05) is 6.07 Å². The van der Waals surface area contributed by atoms with Gasteiger partial charge in [0.25, 0.3) is 0 Å². The lowest BCUT2D eigenvalue weighted by molar-refractivity contribution is 0.797. The van der Waals surface area contributed by atoms with Crippen molar-refractivity contribution in [1.29, 1.82) is 0 Å². The third-order valence-corrected chi connectivity index (χ3v) is 2.77. The van der Waals surface area contributed by atoms with Crippen molar-refractivity contribution >= 4 is 16.8 Å². The van der Waals surface area contributed by atoms with Crippen molar-refractivity contribution < 1.29 is 0 Å². The number of aromatic nitrogens is 3. The predicted octanol–water partition coefficient (Wildman–Crippen LogP) is 1.84. The summed E-state index contributed by atoms with van der Waals surface area (Å²) in [5, 5.41) is 3.12. The number of H-pyrrole nitrogens is 1. The van der Waals surface area contributed by atoms with Crippen molar-refractivity contribution in [3.8, 4) is 0 Å². The second-order valence-electron chi connectivity index (χ2n) is 4.11. The van der Waals surface area contributed by atoms with Gasteiger partial charge in [-0.2, -0.15) is 0 Å². The molecule has 0 aliphatic carbocycles. The molecule has 0 aliphatic rings. The standard InChI is InChI=1S/C12H14N4/c1-8-3-4-10-11(5-8)16-7-9(6-13-2)14-12(16)15-10/h3-5,7,13H,6H2,1-2H3,(H,14,15). The highest BCUT2D eigenvalue weighted by Crippen LogP contribution is 2.18. The number of aryl methyl sites for hydroxylation is 1. The number of aromatic amines is 1. The van der Waals surface area contributed by atoms with Crippen molar-refractivity contribution in [2.75, 3.05) is 7.05 Å². The van der Waals surface area contributed by atoms with Crippen LogP contribution in [-0.4, -0.2) is 21.4 Å². The molecule has 0 unspecified atom stereocenters. The van der Waals surface area contributed by atoms with Gasteiger partial charge in [0, 0.05) is 18.4 Å². The Morgan fingerprint density at radius 2 is 2.31 bits per heavy atom. The number of imidazole rings is 2. The largest absolute Gasteiger partial charge is 0.326 e. The van der Waals surface area contributed by atoms with E-state index in [2.05, 4.69) is 51.0 Å². The van der Waals surface area contributed by atoms with E-state index in [-0.39, 0.29) is 0 Å². The zero-order valence-electron chi connectivity index (χ0n) is 9.41. The molecule has 2 N–H and O–H groups in total. The van der Waals surface area contributed by atoms with Crippen LogP contribution in [0.4, 0.5) is 0 Å². The zero-order valence-corrected chi connectivity index (χ0v) is 9.41. The quantitative estimate of drug-likeness (QED) is 0.683. The topological polar surface area (TPSA) is 45.1 Å². The van der Waals surface area contributed by atoms with Crippen molar-refractivity contribution in [2.24, 2.45) is 0 Å². The van der Waals surface area contributed by atoms with E-state index in [1.54, 1.807) is 0 Å². The van der Waals surface area contributed by atoms with Gasteiger partial charge in [-0.15, -0.1) is 0 Å². The molecule has 0 saturated carbocycles. The van der Waals surface area contributed by atoms with Crippen molar-refractivity contribution in [1.82, 2.24) is 19.7 Å². The van der Waals surface area contributed by atoms with Crippen molar-refractivity contribution in [3.63, 3.8) is 0 Å². The summed E-state index contributed by atoms with van der Waals surface area (Å²) in [6, 6.07) is 6.30. The molecule has 82 valence electrons. The number of nitrogens with zero attached hydrogens (tertiary/aromatic N) is 2. The van der Waals surface area contributed by atoms with Crippen LogP contribution in [0.3, 0.4) is 0 Å². The fourth-order valence-electron chi connectivity index (χ4n) is 2.03. The highest BCUT2D eigenvalue weighted by molar-refractivity contribution is 5.80. The smallest absolute Gasteiger partial charge is 0.212 e. The van der Waals surface area contributed by atoms with E-state index >= 15 is 0 Å². The molecule has 0 bridgehead atoms. The second-order valence-corrected chi connectivity index (χ2v) is 4.11. The highest BCUT2D eigenvalue weighted by atomic mass is 15.1. The first-order chi connectivity index (χ1) is 7.78. The molecule has 4 nitrogen and oxygen atoms in total. The molecule has 0 saturated heterocycles. The molecule has 0 atom stereocenters.